The molecule has 110 valence electrons. The molecule has 0 radical (unpaired) electrons. The Balaban J connectivity index is 1.85. The number of nitrogens with zero attached hydrogens (tertiary/aromatic N) is 1. The monoisotopic (exact) mass is 283 g/mol. The van der Waals surface area contributed by atoms with Crippen LogP contribution in [0.4, 0.5) is 0 Å². The Morgan fingerprint density at radius 2 is 2.00 bits per heavy atom. The van der Waals surface area contributed by atoms with E-state index in [0.29, 0.717) is 12.4 Å². The molecule has 0 spiro atoms. The molecule has 4 heteroatoms. The molecule has 0 aliphatic rings. The van der Waals surface area contributed by atoms with Crippen LogP contribution in [0.3, 0.4) is 0 Å². The lowest BCUT2D eigenvalue weighted by atomic mass is 10.2. The number of ether oxygens (including phenoxy) is 1. The van der Waals surface area contributed by atoms with Crippen molar-refractivity contribution < 1.29 is 4.74 Å². The van der Waals surface area contributed by atoms with Crippen molar-refractivity contribution in [2.45, 2.75) is 26.3 Å². The Kier molecular flexibility index (Phi) is 5.76. The number of rotatable bonds is 7. The van der Waals surface area contributed by atoms with Crippen molar-refractivity contribution >= 4 is 5.84 Å². The molecule has 0 amide bonds. The van der Waals surface area contributed by atoms with Gasteiger partial charge < -0.3 is 10.1 Å². The van der Waals surface area contributed by atoms with Crippen molar-refractivity contribution in [3.8, 4) is 5.75 Å². The lowest BCUT2D eigenvalue weighted by Gasteiger charge is -2.09. The van der Waals surface area contributed by atoms with Gasteiger partial charge in [-0.1, -0.05) is 19.4 Å². The Morgan fingerprint density at radius 3 is 2.67 bits per heavy atom. The first-order valence-corrected chi connectivity index (χ1v) is 7.25. The summed E-state index contributed by atoms with van der Waals surface area (Å²) in [6.07, 6.45) is 3.94. The maximum Gasteiger partial charge on any atom is 0.125 e. The van der Waals surface area contributed by atoms with Crippen molar-refractivity contribution in [1.82, 2.24) is 10.3 Å². The lowest BCUT2D eigenvalue weighted by Crippen LogP contribution is -2.23. The first-order valence-electron chi connectivity index (χ1n) is 7.25. The van der Waals surface area contributed by atoms with Crippen LogP contribution in [0.15, 0.2) is 48.7 Å². The zero-order valence-electron chi connectivity index (χ0n) is 12.3. The van der Waals surface area contributed by atoms with Gasteiger partial charge in [-0.15, -0.1) is 0 Å². The number of nitrogens with one attached hydrogen (secondary N) is 2. The van der Waals surface area contributed by atoms with E-state index in [1.165, 1.54) is 0 Å². The minimum atomic E-state index is 0.390. The van der Waals surface area contributed by atoms with Gasteiger partial charge in [0, 0.05) is 11.8 Å². The van der Waals surface area contributed by atoms with Crippen LogP contribution in [0.2, 0.25) is 0 Å². The standard InChI is InChI=1S/C17H21N3O/c1-2-3-12-21-16-9-7-14(8-10-16)17(18)20-13-15-6-4-5-11-19-15/h4-11H,2-3,12-13H2,1H3,(H2,18,20). The summed E-state index contributed by atoms with van der Waals surface area (Å²) in [6.45, 7) is 3.43. The molecule has 0 bridgehead atoms. The average molecular weight is 283 g/mol. The molecule has 0 fully saturated rings. The summed E-state index contributed by atoms with van der Waals surface area (Å²) in [4.78, 5) is 4.22. The Hall–Kier alpha value is -2.36. The van der Waals surface area contributed by atoms with Crippen LogP contribution in [0.25, 0.3) is 0 Å². The van der Waals surface area contributed by atoms with E-state index >= 15 is 0 Å². The highest BCUT2D eigenvalue weighted by molar-refractivity contribution is 5.96. The van der Waals surface area contributed by atoms with Crippen molar-refractivity contribution in [2.24, 2.45) is 0 Å². The molecule has 21 heavy (non-hydrogen) atoms. The molecule has 0 atom stereocenters. The van der Waals surface area contributed by atoms with E-state index in [1.54, 1.807) is 6.20 Å². The number of amidine groups is 1. The summed E-state index contributed by atoms with van der Waals surface area (Å²) >= 11 is 0. The third-order valence-corrected chi connectivity index (χ3v) is 3.08. The number of benzene rings is 1. The van der Waals surface area contributed by atoms with Crippen LogP contribution in [0.5, 0.6) is 5.75 Å². The van der Waals surface area contributed by atoms with Gasteiger partial charge in [-0.2, -0.15) is 0 Å². The van der Waals surface area contributed by atoms with Gasteiger partial charge >= 0.3 is 0 Å². The van der Waals surface area contributed by atoms with E-state index in [9.17, 15) is 0 Å². The highest BCUT2D eigenvalue weighted by Crippen LogP contribution is 2.12. The molecule has 2 N–H and O–H groups in total. The molecule has 0 unspecified atom stereocenters. The predicted octanol–water partition coefficient (Wildman–Crippen LogP) is 3.38. The molecule has 0 aliphatic carbocycles. The summed E-state index contributed by atoms with van der Waals surface area (Å²) in [5.41, 5.74) is 1.76. The molecule has 0 saturated carbocycles. The molecule has 0 saturated heterocycles. The van der Waals surface area contributed by atoms with E-state index in [0.717, 1.165) is 36.5 Å². The minimum absolute atomic E-state index is 0.390. The summed E-state index contributed by atoms with van der Waals surface area (Å²) in [5, 5.41) is 11.1. The van der Waals surface area contributed by atoms with Gasteiger partial charge in [0.05, 0.1) is 18.8 Å². The van der Waals surface area contributed by atoms with Crippen LogP contribution in [0.1, 0.15) is 31.0 Å². The Morgan fingerprint density at radius 1 is 1.19 bits per heavy atom. The van der Waals surface area contributed by atoms with Crippen molar-refractivity contribution in [1.29, 1.82) is 5.41 Å². The zero-order valence-corrected chi connectivity index (χ0v) is 12.3. The van der Waals surface area contributed by atoms with E-state index in [-0.39, 0.29) is 0 Å². The maximum absolute atomic E-state index is 8.04. The molecule has 2 aromatic rings. The number of hydrogen-bond donors (Lipinski definition) is 2. The first-order chi connectivity index (χ1) is 10.3. The molecule has 1 aromatic carbocycles. The Bertz CT molecular complexity index is 552. The molecule has 4 nitrogen and oxygen atoms in total. The third-order valence-electron chi connectivity index (χ3n) is 3.08. The van der Waals surface area contributed by atoms with Gasteiger partial charge in [-0.3, -0.25) is 10.4 Å². The molecule has 0 aliphatic heterocycles. The highest BCUT2D eigenvalue weighted by Gasteiger charge is 2.02. The second-order valence-corrected chi connectivity index (χ2v) is 4.78. The van der Waals surface area contributed by atoms with Crippen LogP contribution < -0.4 is 10.1 Å². The van der Waals surface area contributed by atoms with Crippen molar-refractivity contribution in [2.75, 3.05) is 6.61 Å². The summed E-state index contributed by atoms with van der Waals surface area (Å²) < 4.78 is 5.61. The van der Waals surface area contributed by atoms with Crippen LogP contribution in [-0.2, 0) is 6.54 Å². The summed E-state index contributed by atoms with van der Waals surface area (Å²) in [5.74, 6) is 1.24. The van der Waals surface area contributed by atoms with Gasteiger partial charge in [0.25, 0.3) is 0 Å². The molecule has 2 rings (SSSR count). The van der Waals surface area contributed by atoms with Crippen molar-refractivity contribution in [3.63, 3.8) is 0 Å². The minimum Gasteiger partial charge on any atom is -0.494 e. The summed E-state index contributed by atoms with van der Waals surface area (Å²) in [7, 11) is 0. The number of pyridine rings is 1. The average Bonchev–Trinajstić information content (AvgIpc) is 2.54. The van der Waals surface area contributed by atoms with E-state index < -0.39 is 0 Å². The zero-order chi connectivity index (χ0) is 14.9. The quantitative estimate of drug-likeness (QED) is 0.465. The van der Waals surface area contributed by atoms with Gasteiger partial charge in [0.1, 0.15) is 11.6 Å². The van der Waals surface area contributed by atoms with E-state index in [4.69, 9.17) is 10.1 Å². The fourth-order valence-electron chi connectivity index (χ4n) is 1.84. The van der Waals surface area contributed by atoms with Gasteiger partial charge in [0.2, 0.25) is 0 Å². The Labute approximate surface area is 125 Å². The van der Waals surface area contributed by atoms with Crippen LogP contribution in [-0.4, -0.2) is 17.4 Å². The van der Waals surface area contributed by atoms with E-state index in [1.807, 2.05) is 42.5 Å². The van der Waals surface area contributed by atoms with Gasteiger partial charge in [0.15, 0.2) is 0 Å². The number of hydrogen-bond acceptors (Lipinski definition) is 3. The summed E-state index contributed by atoms with van der Waals surface area (Å²) in [6, 6.07) is 13.4. The lowest BCUT2D eigenvalue weighted by molar-refractivity contribution is 0.309. The molecule has 1 aromatic heterocycles. The second-order valence-electron chi connectivity index (χ2n) is 4.78. The maximum atomic E-state index is 8.04. The number of aromatic nitrogens is 1. The number of unbranched alkanes of at least 4 members (excludes halogenated alkanes) is 1. The smallest absolute Gasteiger partial charge is 0.125 e. The van der Waals surface area contributed by atoms with Crippen LogP contribution in [0, 0.1) is 5.41 Å². The second kappa shape index (κ2) is 8.04. The van der Waals surface area contributed by atoms with Crippen LogP contribution >= 0.6 is 0 Å². The normalized spacial score (nSPS) is 10.1. The fraction of sp³-hybridized carbons (Fsp3) is 0.294. The largest absolute Gasteiger partial charge is 0.494 e. The molecule has 1 heterocycles. The molecular formula is C17H21N3O. The van der Waals surface area contributed by atoms with Crippen molar-refractivity contribution in [3.05, 3.63) is 59.9 Å². The fourth-order valence-corrected chi connectivity index (χ4v) is 1.84. The van der Waals surface area contributed by atoms with Gasteiger partial charge in [-0.05, 0) is 42.8 Å². The topological polar surface area (TPSA) is 58.0 Å². The molecular weight excluding hydrogens is 262 g/mol. The highest BCUT2D eigenvalue weighted by atomic mass is 16.5. The van der Waals surface area contributed by atoms with E-state index in [2.05, 4.69) is 17.2 Å². The SMILES string of the molecule is CCCCOc1ccc(C(=N)NCc2ccccn2)cc1. The predicted molar refractivity (Wildman–Crippen MR) is 84.8 cm³/mol. The van der Waals surface area contributed by atoms with Gasteiger partial charge in [-0.25, -0.2) is 0 Å². The third kappa shape index (κ3) is 4.91. The first kappa shape index (κ1) is 15.0.